The topological polar surface area (TPSA) is 37.4 Å². The van der Waals surface area contributed by atoms with Crippen LogP contribution in [0.25, 0.3) is 0 Å². The zero-order valence-corrected chi connectivity index (χ0v) is 14.9. The summed E-state index contributed by atoms with van der Waals surface area (Å²) < 4.78 is 28.8. The van der Waals surface area contributed by atoms with Crippen molar-refractivity contribution in [3.63, 3.8) is 0 Å². The Morgan fingerprint density at radius 2 is 2.00 bits per heavy atom. The van der Waals surface area contributed by atoms with Gasteiger partial charge in [-0.05, 0) is 65.4 Å². The summed E-state index contributed by atoms with van der Waals surface area (Å²) >= 11 is 4.70. The molecule has 2 aromatic rings. The number of rotatable bonds is 2. The Labute approximate surface area is 137 Å². The van der Waals surface area contributed by atoms with Gasteiger partial charge in [-0.15, -0.1) is 11.3 Å². The van der Waals surface area contributed by atoms with Crippen molar-refractivity contribution in [3.8, 4) is 0 Å². The smallest absolute Gasteiger partial charge is 0.265 e. The zero-order valence-electron chi connectivity index (χ0n) is 11.7. The van der Waals surface area contributed by atoms with E-state index in [4.69, 9.17) is 0 Å². The van der Waals surface area contributed by atoms with Gasteiger partial charge in [-0.3, -0.25) is 4.31 Å². The molecular weight excluding hydrogens is 370 g/mol. The predicted octanol–water partition coefficient (Wildman–Crippen LogP) is 4.35. The van der Waals surface area contributed by atoms with Crippen molar-refractivity contribution < 1.29 is 8.42 Å². The van der Waals surface area contributed by atoms with Crippen molar-refractivity contribution in [3.05, 3.63) is 45.2 Å². The first-order valence-corrected chi connectivity index (χ1v) is 9.91. The molecule has 0 bridgehead atoms. The van der Waals surface area contributed by atoms with Gasteiger partial charge in [0.05, 0.1) is 9.47 Å². The van der Waals surface area contributed by atoms with E-state index in [2.05, 4.69) is 15.9 Å². The van der Waals surface area contributed by atoms with Gasteiger partial charge in [0, 0.05) is 6.54 Å². The summed E-state index contributed by atoms with van der Waals surface area (Å²) in [4.78, 5) is 0. The number of nitrogens with zero attached hydrogens (tertiary/aromatic N) is 1. The summed E-state index contributed by atoms with van der Waals surface area (Å²) in [5.41, 5.74) is 2.91. The van der Waals surface area contributed by atoms with Crippen molar-refractivity contribution in [1.82, 2.24) is 0 Å². The largest absolute Gasteiger partial charge is 0.273 e. The number of anilines is 1. The second-order valence-corrected chi connectivity index (χ2v) is 9.64. The van der Waals surface area contributed by atoms with E-state index < -0.39 is 10.0 Å². The van der Waals surface area contributed by atoms with E-state index >= 15 is 0 Å². The van der Waals surface area contributed by atoms with E-state index in [1.165, 1.54) is 11.3 Å². The molecule has 0 aliphatic carbocycles. The molecule has 1 aromatic heterocycles. The lowest BCUT2D eigenvalue weighted by atomic mass is 10.1. The highest BCUT2D eigenvalue weighted by molar-refractivity contribution is 9.11. The molecule has 0 spiro atoms. The molecule has 3 rings (SSSR count). The third-order valence-electron chi connectivity index (χ3n) is 3.70. The zero-order chi connectivity index (χ0) is 15.0. The van der Waals surface area contributed by atoms with E-state index in [1.54, 1.807) is 10.4 Å². The highest BCUT2D eigenvalue weighted by Gasteiger charge is 2.29. The van der Waals surface area contributed by atoms with E-state index in [0.29, 0.717) is 10.8 Å². The van der Waals surface area contributed by atoms with Crippen LogP contribution in [0.4, 0.5) is 5.69 Å². The van der Waals surface area contributed by atoms with Gasteiger partial charge in [-0.1, -0.05) is 18.2 Å². The molecule has 0 radical (unpaired) electrons. The Kier molecular flexibility index (Phi) is 4.12. The Balaban J connectivity index is 2.10. The molecule has 21 heavy (non-hydrogen) atoms. The maximum atomic E-state index is 13.0. The molecule has 1 aliphatic heterocycles. The lowest BCUT2D eigenvalue weighted by molar-refractivity contribution is 0.591. The molecule has 3 nitrogen and oxygen atoms in total. The molecule has 0 amide bonds. The first-order chi connectivity index (χ1) is 10.00. The van der Waals surface area contributed by atoms with Gasteiger partial charge >= 0.3 is 0 Å². The second-order valence-electron chi connectivity index (χ2n) is 5.19. The molecule has 1 aliphatic rings. The van der Waals surface area contributed by atoms with Crippen LogP contribution in [0.2, 0.25) is 0 Å². The number of halogens is 1. The summed E-state index contributed by atoms with van der Waals surface area (Å²) in [6, 6.07) is 9.56. The van der Waals surface area contributed by atoms with Crippen LogP contribution in [0.5, 0.6) is 0 Å². The fourth-order valence-corrected chi connectivity index (χ4v) is 6.46. The third-order valence-corrected chi connectivity index (χ3v) is 8.10. The number of para-hydroxylation sites is 1. The second kappa shape index (κ2) is 5.74. The molecule has 0 atom stereocenters. The average Bonchev–Trinajstić information content (AvgIpc) is 2.69. The summed E-state index contributed by atoms with van der Waals surface area (Å²) in [6.45, 7) is 2.46. The Bertz CT molecular complexity index is 748. The highest BCUT2D eigenvalue weighted by atomic mass is 79.9. The maximum absolute atomic E-state index is 13.0. The molecule has 0 saturated carbocycles. The lowest BCUT2D eigenvalue weighted by Crippen LogP contribution is -2.31. The molecular formula is C15H16BrNO2S2. The monoisotopic (exact) mass is 385 g/mol. The highest BCUT2D eigenvalue weighted by Crippen LogP contribution is 2.36. The quantitative estimate of drug-likeness (QED) is 0.770. The lowest BCUT2D eigenvalue weighted by Gasteiger charge is -2.23. The van der Waals surface area contributed by atoms with Crippen LogP contribution in [0.3, 0.4) is 0 Å². The van der Waals surface area contributed by atoms with Crippen LogP contribution in [0.15, 0.2) is 38.3 Å². The van der Waals surface area contributed by atoms with Crippen LogP contribution in [-0.2, 0) is 16.4 Å². The number of sulfonamides is 1. The first-order valence-electron chi connectivity index (χ1n) is 6.87. The number of aryl methyl sites for hydroxylation is 2. The maximum Gasteiger partial charge on any atom is 0.273 e. The van der Waals surface area contributed by atoms with Crippen molar-refractivity contribution in [1.29, 1.82) is 0 Å². The predicted molar refractivity (Wildman–Crippen MR) is 90.7 cm³/mol. The minimum Gasteiger partial charge on any atom is -0.265 e. The van der Waals surface area contributed by atoms with E-state index in [1.807, 2.05) is 31.2 Å². The van der Waals surface area contributed by atoms with Gasteiger partial charge in [0.1, 0.15) is 4.21 Å². The van der Waals surface area contributed by atoms with Gasteiger partial charge < -0.3 is 0 Å². The fourth-order valence-electron chi connectivity index (χ4n) is 2.57. The van der Waals surface area contributed by atoms with Crippen molar-refractivity contribution in [2.45, 2.75) is 30.4 Å². The molecule has 0 unspecified atom stereocenters. The van der Waals surface area contributed by atoms with Gasteiger partial charge in [0.25, 0.3) is 10.0 Å². The number of thiophene rings is 1. The van der Waals surface area contributed by atoms with Crippen LogP contribution < -0.4 is 4.31 Å². The van der Waals surface area contributed by atoms with Gasteiger partial charge in [0.15, 0.2) is 0 Å². The summed E-state index contributed by atoms with van der Waals surface area (Å²) in [7, 11) is -3.48. The average molecular weight is 386 g/mol. The van der Waals surface area contributed by atoms with Gasteiger partial charge in [-0.2, -0.15) is 0 Å². The number of fused-ring (bicyclic) bond motifs is 1. The number of benzene rings is 1. The summed E-state index contributed by atoms with van der Waals surface area (Å²) in [5, 5.41) is 0. The van der Waals surface area contributed by atoms with Crippen molar-refractivity contribution in [2.24, 2.45) is 0 Å². The number of hydrogen-bond donors (Lipinski definition) is 0. The standard InChI is InChI=1S/C15H16BrNO2S2/c1-11-10-14(20-15(11)16)21(18,19)17-9-5-4-7-12-6-2-3-8-13(12)17/h2-3,6,8,10H,4-5,7,9H2,1H3. The minimum atomic E-state index is -3.48. The molecule has 0 saturated heterocycles. The van der Waals surface area contributed by atoms with Crippen LogP contribution in [-0.4, -0.2) is 15.0 Å². The molecule has 1 aromatic carbocycles. The summed E-state index contributed by atoms with van der Waals surface area (Å²) in [5.74, 6) is 0. The van der Waals surface area contributed by atoms with Crippen molar-refractivity contribution >= 4 is 43.0 Å². The van der Waals surface area contributed by atoms with Crippen molar-refractivity contribution in [2.75, 3.05) is 10.8 Å². The fraction of sp³-hybridized carbons (Fsp3) is 0.333. The Morgan fingerprint density at radius 3 is 2.71 bits per heavy atom. The summed E-state index contributed by atoms with van der Waals surface area (Å²) in [6.07, 6.45) is 2.85. The molecule has 0 N–H and O–H groups in total. The molecule has 6 heteroatoms. The minimum absolute atomic E-state index is 0.406. The van der Waals surface area contributed by atoms with E-state index in [9.17, 15) is 8.42 Å². The number of hydrogen-bond acceptors (Lipinski definition) is 3. The SMILES string of the molecule is Cc1cc(S(=O)(=O)N2CCCCc3ccccc32)sc1Br. The molecule has 0 fully saturated rings. The molecule has 112 valence electrons. The van der Waals surface area contributed by atoms with Crippen LogP contribution in [0, 0.1) is 6.92 Å². The van der Waals surface area contributed by atoms with E-state index in [0.717, 1.165) is 39.9 Å². The van der Waals surface area contributed by atoms with Crippen LogP contribution >= 0.6 is 27.3 Å². The Morgan fingerprint density at radius 1 is 1.24 bits per heavy atom. The van der Waals surface area contributed by atoms with Gasteiger partial charge in [0.2, 0.25) is 0 Å². The van der Waals surface area contributed by atoms with E-state index in [-0.39, 0.29) is 0 Å². The third kappa shape index (κ3) is 2.76. The Hall–Kier alpha value is -0.850. The first kappa shape index (κ1) is 15.1. The van der Waals surface area contributed by atoms with Gasteiger partial charge in [-0.25, -0.2) is 8.42 Å². The molecule has 2 heterocycles. The van der Waals surface area contributed by atoms with Crippen LogP contribution in [0.1, 0.15) is 24.0 Å². The normalized spacial score (nSPS) is 15.6.